The molecule has 1 aliphatic rings. The number of hydrogen-bond acceptors (Lipinski definition) is 3. The van der Waals surface area contributed by atoms with E-state index in [2.05, 4.69) is 5.32 Å². The number of amides is 1. The number of carbonyl (C=O) groups is 1. The number of aliphatic hydroxyl groups is 1. The largest absolute Gasteiger partial charge is 0.451 e. The van der Waals surface area contributed by atoms with Gasteiger partial charge in [0.1, 0.15) is 5.58 Å². The average Bonchev–Trinajstić information content (AvgIpc) is 2.90. The van der Waals surface area contributed by atoms with Gasteiger partial charge in [-0.3, -0.25) is 4.79 Å². The van der Waals surface area contributed by atoms with Gasteiger partial charge in [-0.15, -0.1) is 0 Å². The van der Waals surface area contributed by atoms with Crippen molar-refractivity contribution in [2.75, 3.05) is 13.2 Å². The molecule has 1 heterocycles. The molecule has 0 radical (unpaired) electrons. The number of para-hydroxylation sites is 1. The molecule has 1 saturated carbocycles. The molecule has 0 bridgehead atoms. The van der Waals surface area contributed by atoms with Crippen molar-refractivity contribution in [3.8, 4) is 0 Å². The molecule has 3 rings (SSSR count). The van der Waals surface area contributed by atoms with Crippen LogP contribution in [0.15, 0.2) is 28.7 Å². The van der Waals surface area contributed by atoms with E-state index in [0.717, 1.165) is 42.2 Å². The maximum atomic E-state index is 12.4. The Balaban J connectivity index is 1.65. The number of aryl methyl sites for hydroxylation is 1. The molecule has 1 aromatic carbocycles. The van der Waals surface area contributed by atoms with Gasteiger partial charge in [0.25, 0.3) is 5.91 Å². The van der Waals surface area contributed by atoms with Crippen molar-refractivity contribution in [3.05, 3.63) is 35.6 Å². The van der Waals surface area contributed by atoms with Crippen LogP contribution < -0.4 is 5.32 Å². The fourth-order valence-corrected chi connectivity index (χ4v) is 3.46. The summed E-state index contributed by atoms with van der Waals surface area (Å²) in [6.45, 7) is 2.84. The third-order valence-electron chi connectivity index (χ3n) is 4.75. The van der Waals surface area contributed by atoms with Crippen molar-refractivity contribution < 1.29 is 14.3 Å². The molecule has 0 aliphatic heterocycles. The van der Waals surface area contributed by atoms with E-state index in [9.17, 15) is 9.90 Å². The monoisotopic (exact) mass is 301 g/mol. The maximum absolute atomic E-state index is 12.4. The smallest absolute Gasteiger partial charge is 0.287 e. The first kappa shape index (κ1) is 15.1. The average molecular weight is 301 g/mol. The van der Waals surface area contributed by atoms with Crippen LogP contribution in [0, 0.1) is 18.8 Å². The fraction of sp³-hybridized carbons (Fsp3) is 0.500. The van der Waals surface area contributed by atoms with Crippen molar-refractivity contribution >= 4 is 16.9 Å². The summed E-state index contributed by atoms with van der Waals surface area (Å²) >= 11 is 0. The summed E-state index contributed by atoms with van der Waals surface area (Å²) in [5.74, 6) is 1.12. The van der Waals surface area contributed by atoms with E-state index in [-0.39, 0.29) is 12.5 Å². The highest BCUT2D eigenvalue weighted by Gasteiger charge is 2.23. The van der Waals surface area contributed by atoms with Crippen molar-refractivity contribution in [2.24, 2.45) is 11.8 Å². The van der Waals surface area contributed by atoms with Crippen LogP contribution in [-0.2, 0) is 0 Å². The number of furan rings is 1. The van der Waals surface area contributed by atoms with Gasteiger partial charge in [0.2, 0.25) is 0 Å². The molecule has 0 unspecified atom stereocenters. The molecule has 1 aliphatic carbocycles. The van der Waals surface area contributed by atoms with Gasteiger partial charge in [-0.1, -0.05) is 24.6 Å². The Labute approximate surface area is 130 Å². The molecule has 2 atom stereocenters. The minimum Gasteiger partial charge on any atom is -0.451 e. The number of benzene rings is 1. The summed E-state index contributed by atoms with van der Waals surface area (Å²) in [4.78, 5) is 12.4. The molecule has 118 valence electrons. The third-order valence-corrected chi connectivity index (χ3v) is 4.75. The van der Waals surface area contributed by atoms with Crippen LogP contribution in [0.1, 0.15) is 41.8 Å². The van der Waals surface area contributed by atoms with Gasteiger partial charge in [-0.2, -0.15) is 0 Å². The van der Waals surface area contributed by atoms with E-state index >= 15 is 0 Å². The van der Waals surface area contributed by atoms with Crippen LogP contribution in [-0.4, -0.2) is 24.2 Å². The first-order valence-electron chi connectivity index (χ1n) is 8.06. The van der Waals surface area contributed by atoms with Gasteiger partial charge in [-0.05, 0) is 44.1 Å². The van der Waals surface area contributed by atoms with E-state index in [0.29, 0.717) is 24.1 Å². The lowest BCUT2D eigenvalue weighted by molar-refractivity contribution is 0.0908. The second-order valence-corrected chi connectivity index (χ2v) is 6.34. The van der Waals surface area contributed by atoms with E-state index in [4.69, 9.17) is 4.42 Å². The molecule has 1 fully saturated rings. The number of nitrogens with one attached hydrogen (secondary N) is 1. The summed E-state index contributed by atoms with van der Waals surface area (Å²) in [5, 5.41) is 13.3. The summed E-state index contributed by atoms with van der Waals surface area (Å²) < 4.78 is 5.69. The Hall–Kier alpha value is -1.81. The molecule has 1 amide bonds. The Morgan fingerprint density at radius 1 is 1.32 bits per heavy atom. The zero-order chi connectivity index (χ0) is 15.5. The van der Waals surface area contributed by atoms with Crippen molar-refractivity contribution in [1.82, 2.24) is 5.32 Å². The van der Waals surface area contributed by atoms with Crippen LogP contribution in [0.2, 0.25) is 0 Å². The van der Waals surface area contributed by atoms with Crippen LogP contribution >= 0.6 is 0 Å². The normalized spacial score (nSPS) is 21.9. The van der Waals surface area contributed by atoms with Gasteiger partial charge >= 0.3 is 0 Å². The number of rotatable bonds is 4. The molecule has 1 aromatic heterocycles. The third kappa shape index (κ3) is 3.02. The highest BCUT2D eigenvalue weighted by molar-refractivity contribution is 5.98. The lowest BCUT2D eigenvalue weighted by Gasteiger charge is -2.27. The summed E-state index contributed by atoms with van der Waals surface area (Å²) in [6.07, 6.45) is 4.35. The lowest BCUT2D eigenvalue weighted by Crippen LogP contribution is -2.32. The molecular weight excluding hydrogens is 278 g/mol. The van der Waals surface area contributed by atoms with Crippen molar-refractivity contribution in [3.63, 3.8) is 0 Å². The highest BCUT2D eigenvalue weighted by atomic mass is 16.3. The second-order valence-electron chi connectivity index (χ2n) is 6.34. The number of carbonyl (C=O) groups excluding carboxylic acids is 1. The Kier molecular flexibility index (Phi) is 4.48. The zero-order valence-electron chi connectivity index (χ0n) is 13.0. The van der Waals surface area contributed by atoms with Crippen molar-refractivity contribution in [2.45, 2.75) is 32.6 Å². The zero-order valence-corrected chi connectivity index (χ0v) is 13.0. The molecule has 4 nitrogen and oxygen atoms in total. The molecule has 22 heavy (non-hydrogen) atoms. The summed E-state index contributed by atoms with van der Waals surface area (Å²) in [5.41, 5.74) is 1.65. The lowest BCUT2D eigenvalue weighted by atomic mass is 9.82. The van der Waals surface area contributed by atoms with Crippen molar-refractivity contribution in [1.29, 1.82) is 0 Å². The summed E-state index contributed by atoms with van der Waals surface area (Å²) in [7, 11) is 0. The first-order valence-corrected chi connectivity index (χ1v) is 8.06. The number of aliphatic hydroxyl groups excluding tert-OH is 1. The summed E-state index contributed by atoms with van der Waals surface area (Å²) in [6, 6.07) is 7.71. The van der Waals surface area contributed by atoms with Crippen LogP contribution in [0.5, 0.6) is 0 Å². The van der Waals surface area contributed by atoms with Crippen LogP contribution in [0.25, 0.3) is 11.0 Å². The van der Waals surface area contributed by atoms with Crippen LogP contribution in [0.4, 0.5) is 0 Å². The predicted molar refractivity (Wildman–Crippen MR) is 85.8 cm³/mol. The molecule has 2 N–H and O–H groups in total. The first-order chi connectivity index (χ1) is 10.7. The van der Waals surface area contributed by atoms with Gasteiger partial charge in [-0.25, -0.2) is 0 Å². The van der Waals surface area contributed by atoms with E-state index < -0.39 is 0 Å². The Morgan fingerprint density at radius 3 is 2.86 bits per heavy atom. The topological polar surface area (TPSA) is 62.5 Å². The standard InChI is InChI=1S/C18H23NO3/c1-12-15-7-2-3-8-16(15)22-17(12)18(21)19-10-13-5-4-6-14(9-13)11-20/h2-3,7-8,13-14,20H,4-6,9-11H2,1H3,(H,19,21)/t13-,14+/m0/s1. The van der Waals surface area contributed by atoms with Crippen LogP contribution in [0.3, 0.4) is 0 Å². The SMILES string of the molecule is Cc1c(C(=O)NC[C@H]2CCC[C@@H](CO)C2)oc2ccccc12. The minimum atomic E-state index is -0.139. The quantitative estimate of drug-likeness (QED) is 0.911. The molecule has 0 saturated heterocycles. The van der Waals surface area contributed by atoms with Gasteiger partial charge in [0.15, 0.2) is 5.76 Å². The predicted octanol–water partition coefficient (Wildman–Crippen LogP) is 3.27. The van der Waals surface area contributed by atoms with Gasteiger partial charge in [0, 0.05) is 24.1 Å². The molecule has 0 spiro atoms. The second kappa shape index (κ2) is 6.53. The Bertz CT molecular complexity index is 661. The van der Waals surface area contributed by atoms with Gasteiger partial charge < -0.3 is 14.8 Å². The molecular formula is C18H23NO3. The fourth-order valence-electron chi connectivity index (χ4n) is 3.46. The highest BCUT2D eigenvalue weighted by Crippen LogP contribution is 2.29. The number of fused-ring (bicyclic) bond motifs is 1. The Morgan fingerprint density at radius 2 is 2.09 bits per heavy atom. The maximum Gasteiger partial charge on any atom is 0.287 e. The molecule has 4 heteroatoms. The molecule has 2 aromatic rings. The van der Waals surface area contributed by atoms with Gasteiger partial charge in [0.05, 0.1) is 0 Å². The van der Waals surface area contributed by atoms with E-state index in [1.165, 1.54) is 0 Å². The number of hydrogen-bond donors (Lipinski definition) is 2. The van der Waals surface area contributed by atoms with E-state index in [1.54, 1.807) is 0 Å². The van der Waals surface area contributed by atoms with E-state index in [1.807, 2.05) is 31.2 Å². The minimum absolute atomic E-state index is 0.139.